The van der Waals surface area contributed by atoms with Crippen LogP contribution in [0.3, 0.4) is 0 Å². The third-order valence-corrected chi connectivity index (χ3v) is 3.57. The van der Waals surface area contributed by atoms with Crippen LogP contribution in [0.15, 0.2) is 24.5 Å². The summed E-state index contributed by atoms with van der Waals surface area (Å²) in [5.74, 6) is -1.14. The van der Waals surface area contributed by atoms with E-state index in [1.54, 1.807) is 12.4 Å². The Morgan fingerprint density at radius 2 is 2.38 bits per heavy atom. The summed E-state index contributed by atoms with van der Waals surface area (Å²) in [5, 5.41) is 9.87. The maximum atomic E-state index is 12.3. The maximum absolute atomic E-state index is 12.3. The third kappa shape index (κ3) is 2.73. The van der Waals surface area contributed by atoms with Crippen LogP contribution in [0, 0.1) is 0 Å². The molecule has 1 fully saturated rings. The molecule has 2 aromatic rings. The van der Waals surface area contributed by atoms with Gasteiger partial charge in [-0.3, -0.25) is 4.79 Å². The summed E-state index contributed by atoms with van der Waals surface area (Å²) in [6, 6.07) is 3.72. The molecule has 0 bridgehead atoms. The summed E-state index contributed by atoms with van der Waals surface area (Å²) in [4.78, 5) is 32.0. The van der Waals surface area contributed by atoms with Gasteiger partial charge in [-0.15, -0.1) is 0 Å². The van der Waals surface area contributed by atoms with Gasteiger partial charge in [0.05, 0.1) is 19.6 Å². The zero-order chi connectivity index (χ0) is 14.8. The van der Waals surface area contributed by atoms with Crippen molar-refractivity contribution in [3.63, 3.8) is 0 Å². The van der Waals surface area contributed by atoms with E-state index in [0.29, 0.717) is 6.54 Å². The minimum atomic E-state index is -1.04. The van der Waals surface area contributed by atoms with Crippen molar-refractivity contribution in [1.29, 1.82) is 0 Å². The number of hydrogen-bond donors (Lipinski definition) is 2. The molecular formula is C14H15N3O4. The highest BCUT2D eigenvalue weighted by Crippen LogP contribution is 2.17. The van der Waals surface area contributed by atoms with Gasteiger partial charge in [0.2, 0.25) is 5.91 Å². The molecule has 110 valence electrons. The first-order valence-corrected chi connectivity index (χ1v) is 6.68. The van der Waals surface area contributed by atoms with Crippen LogP contribution in [-0.2, 0) is 20.7 Å². The zero-order valence-electron chi connectivity index (χ0n) is 11.3. The number of aliphatic carboxylic acids is 1. The molecule has 0 aliphatic carbocycles. The lowest BCUT2D eigenvalue weighted by Crippen LogP contribution is -2.49. The van der Waals surface area contributed by atoms with E-state index in [1.165, 1.54) is 4.90 Å². The Kier molecular flexibility index (Phi) is 3.57. The molecule has 0 spiro atoms. The molecule has 2 aromatic heterocycles. The summed E-state index contributed by atoms with van der Waals surface area (Å²) < 4.78 is 5.12. The Balaban J connectivity index is 1.72. The van der Waals surface area contributed by atoms with Crippen LogP contribution in [0.25, 0.3) is 11.0 Å². The number of hydrogen-bond acceptors (Lipinski definition) is 4. The van der Waals surface area contributed by atoms with Gasteiger partial charge in [-0.1, -0.05) is 0 Å². The second kappa shape index (κ2) is 5.53. The molecule has 21 heavy (non-hydrogen) atoms. The van der Waals surface area contributed by atoms with Crippen molar-refractivity contribution in [2.75, 3.05) is 19.7 Å². The van der Waals surface area contributed by atoms with Crippen LogP contribution in [-0.4, -0.2) is 57.7 Å². The van der Waals surface area contributed by atoms with Crippen LogP contribution in [0.4, 0.5) is 0 Å². The molecule has 0 unspecified atom stereocenters. The van der Waals surface area contributed by atoms with Gasteiger partial charge in [0.15, 0.2) is 6.10 Å². The van der Waals surface area contributed by atoms with E-state index in [2.05, 4.69) is 9.97 Å². The summed E-state index contributed by atoms with van der Waals surface area (Å²) in [6.07, 6.45) is 2.74. The van der Waals surface area contributed by atoms with Crippen molar-refractivity contribution in [1.82, 2.24) is 14.9 Å². The monoisotopic (exact) mass is 289 g/mol. The predicted molar refractivity (Wildman–Crippen MR) is 73.8 cm³/mol. The van der Waals surface area contributed by atoms with E-state index < -0.39 is 12.1 Å². The topological polar surface area (TPSA) is 95.5 Å². The molecule has 0 aromatic carbocycles. The Hall–Kier alpha value is -2.41. The van der Waals surface area contributed by atoms with Gasteiger partial charge in [0, 0.05) is 24.3 Å². The first kappa shape index (κ1) is 13.6. The highest BCUT2D eigenvalue weighted by molar-refractivity contribution is 5.87. The van der Waals surface area contributed by atoms with Gasteiger partial charge < -0.3 is 19.7 Å². The number of H-pyrrole nitrogens is 1. The molecule has 7 nitrogen and oxygen atoms in total. The minimum absolute atomic E-state index is 0.0920. The van der Waals surface area contributed by atoms with Crippen LogP contribution in [0.2, 0.25) is 0 Å². The average Bonchev–Trinajstić information content (AvgIpc) is 2.91. The molecule has 1 atom stereocenters. The van der Waals surface area contributed by atoms with E-state index in [1.807, 2.05) is 12.1 Å². The van der Waals surface area contributed by atoms with Crippen molar-refractivity contribution >= 4 is 22.9 Å². The second-order valence-corrected chi connectivity index (χ2v) is 4.93. The fraction of sp³-hybridized carbons (Fsp3) is 0.357. The number of morpholine rings is 1. The van der Waals surface area contributed by atoms with Crippen LogP contribution < -0.4 is 0 Å². The van der Waals surface area contributed by atoms with E-state index in [9.17, 15) is 9.59 Å². The molecule has 0 radical (unpaired) electrons. The van der Waals surface area contributed by atoms with Crippen LogP contribution in [0.5, 0.6) is 0 Å². The van der Waals surface area contributed by atoms with Gasteiger partial charge in [-0.2, -0.15) is 0 Å². The number of carboxylic acid groups (broad SMARTS) is 1. The Morgan fingerprint density at radius 1 is 1.52 bits per heavy atom. The number of aromatic amines is 1. The molecule has 1 saturated heterocycles. The average molecular weight is 289 g/mol. The molecule has 3 heterocycles. The number of fused-ring (bicyclic) bond motifs is 1. The normalized spacial score (nSPS) is 18.9. The van der Waals surface area contributed by atoms with Gasteiger partial charge in [-0.25, -0.2) is 9.78 Å². The van der Waals surface area contributed by atoms with Gasteiger partial charge in [0.1, 0.15) is 5.65 Å². The lowest BCUT2D eigenvalue weighted by Gasteiger charge is -2.30. The number of carbonyl (C=O) groups excluding carboxylic acids is 1. The highest BCUT2D eigenvalue weighted by atomic mass is 16.5. The number of pyridine rings is 1. The van der Waals surface area contributed by atoms with E-state index in [-0.39, 0.29) is 25.5 Å². The van der Waals surface area contributed by atoms with E-state index >= 15 is 0 Å². The molecule has 3 rings (SSSR count). The number of nitrogens with one attached hydrogen (secondary N) is 1. The Morgan fingerprint density at radius 3 is 3.19 bits per heavy atom. The number of carbonyl (C=O) groups is 2. The van der Waals surface area contributed by atoms with Crippen LogP contribution >= 0.6 is 0 Å². The number of ether oxygens (including phenoxy) is 1. The summed E-state index contributed by atoms with van der Waals surface area (Å²) in [5.41, 5.74) is 1.60. The number of rotatable bonds is 3. The first-order valence-electron chi connectivity index (χ1n) is 6.68. The molecule has 1 aliphatic heterocycles. The fourth-order valence-electron chi connectivity index (χ4n) is 2.46. The molecule has 1 aliphatic rings. The molecule has 2 N–H and O–H groups in total. The number of amides is 1. The third-order valence-electron chi connectivity index (χ3n) is 3.57. The van der Waals surface area contributed by atoms with Crippen molar-refractivity contribution < 1.29 is 19.4 Å². The SMILES string of the molecule is O=C(O)[C@H]1CN(C(=O)Cc2c[nH]c3ncccc23)CCO1. The summed E-state index contributed by atoms with van der Waals surface area (Å²) in [6.45, 7) is 0.760. The predicted octanol–water partition coefficient (Wildman–Crippen LogP) is 0.417. The largest absolute Gasteiger partial charge is 0.479 e. The van der Waals surface area contributed by atoms with Gasteiger partial charge >= 0.3 is 5.97 Å². The van der Waals surface area contributed by atoms with Crippen molar-refractivity contribution in [3.8, 4) is 0 Å². The van der Waals surface area contributed by atoms with Crippen molar-refractivity contribution in [2.24, 2.45) is 0 Å². The van der Waals surface area contributed by atoms with Crippen molar-refractivity contribution in [2.45, 2.75) is 12.5 Å². The molecule has 7 heteroatoms. The first-order chi connectivity index (χ1) is 10.1. The zero-order valence-corrected chi connectivity index (χ0v) is 11.3. The smallest absolute Gasteiger partial charge is 0.334 e. The number of nitrogens with zero attached hydrogens (tertiary/aromatic N) is 2. The Bertz CT molecular complexity index is 682. The quantitative estimate of drug-likeness (QED) is 0.853. The number of carboxylic acids is 1. The summed E-state index contributed by atoms with van der Waals surface area (Å²) >= 11 is 0. The van der Waals surface area contributed by atoms with Gasteiger partial charge in [-0.05, 0) is 17.7 Å². The maximum Gasteiger partial charge on any atom is 0.334 e. The summed E-state index contributed by atoms with van der Waals surface area (Å²) in [7, 11) is 0. The van der Waals surface area contributed by atoms with Gasteiger partial charge in [0.25, 0.3) is 0 Å². The lowest BCUT2D eigenvalue weighted by molar-refractivity contribution is -0.159. The molecule has 0 saturated carbocycles. The lowest BCUT2D eigenvalue weighted by atomic mass is 10.1. The van der Waals surface area contributed by atoms with Crippen LogP contribution in [0.1, 0.15) is 5.56 Å². The fourth-order valence-corrected chi connectivity index (χ4v) is 2.46. The minimum Gasteiger partial charge on any atom is -0.479 e. The molecule has 1 amide bonds. The van der Waals surface area contributed by atoms with E-state index in [0.717, 1.165) is 16.6 Å². The number of aromatic nitrogens is 2. The van der Waals surface area contributed by atoms with E-state index in [4.69, 9.17) is 9.84 Å². The second-order valence-electron chi connectivity index (χ2n) is 4.93. The highest BCUT2D eigenvalue weighted by Gasteiger charge is 2.29. The van der Waals surface area contributed by atoms with Crippen molar-refractivity contribution in [3.05, 3.63) is 30.1 Å². The standard InChI is InChI=1S/C14H15N3O4/c18-12(17-4-5-21-11(8-17)14(19)20)6-9-7-16-13-10(9)2-1-3-15-13/h1-3,7,11H,4-6,8H2,(H,15,16)(H,19,20)/t11-/m1/s1. The Labute approximate surface area is 120 Å². The molecular weight excluding hydrogens is 274 g/mol.